The fourth-order valence-electron chi connectivity index (χ4n) is 3.96. The first-order valence-electron chi connectivity index (χ1n) is 11.2. The monoisotopic (exact) mass is 509 g/mol. The van der Waals surface area contributed by atoms with E-state index in [9.17, 15) is 13.2 Å². The van der Waals surface area contributed by atoms with Crippen molar-refractivity contribution in [3.63, 3.8) is 0 Å². The first kappa shape index (κ1) is 26.3. The summed E-state index contributed by atoms with van der Waals surface area (Å²) in [6.45, 7) is 6.27. The molecule has 1 fully saturated rings. The number of hydrogen-bond donors (Lipinski definition) is 1. The van der Waals surface area contributed by atoms with Gasteiger partial charge in [0.25, 0.3) is 0 Å². The number of carbonyl (C=O) groups excluding carboxylic acids is 1. The van der Waals surface area contributed by atoms with Crippen LogP contribution in [-0.2, 0) is 32.6 Å². The van der Waals surface area contributed by atoms with Crippen LogP contribution in [-0.4, -0.2) is 64.9 Å². The van der Waals surface area contributed by atoms with Crippen LogP contribution in [0.15, 0.2) is 42.5 Å². The lowest BCUT2D eigenvalue weighted by Gasteiger charge is -2.31. The van der Waals surface area contributed by atoms with E-state index in [2.05, 4.69) is 10.2 Å². The highest BCUT2D eigenvalue weighted by Gasteiger charge is 2.33. The summed E-state index contributed by atoms with van der Waals surface area (Å²) in [7, 11) is -2.36. The summed E-state index contributed by atoms with van der Waals surface area (Å²) >= 11 is 6.12. The zero-order valence-electron chi connectivity index (χ0n) is 19.8. The molecule has 34 heavy (non-hydrogen) atoms. The second kappa shape index (κ2) is 11.9. The Morgan fingerprint density at radius 3 is 2.41 bits per heavy atom. The maximum atomic E-state index is 13.1. The van der Waals surface area contributed by atoms with E-state index in [4.69, 9.17) is 21.1 Å². The van der Waals surface area contributed by atoms with Gasteiger partial charge in [-0.1, -0.05) is 42.8 Å². The number of ether oxygens (including phenoxy) is 2. The topological polar surface area (TPSA) is 88.2 Å². The van der Waals surface area contributed by atoms with Crippen LogP contribution in [0.4, 0.5) is 5.69 Å². The number of morpholine rings is 1. The molecule has 2 aromatic rings. The van der Waals surface area contributed by atoms with Gasteiger partial charge in [-0.3, -0.25) is 14.0 Å². The summed E-state index contributed by atoms with van der Waals surface area (Å²) in [6, 6.07) is 11.8. The molecule has 0 aliphatic carbocycles. The molecule has 0 spiro atoms. The van der Waals surface area contributed by atoms with Gasteiger partial charge in [0, 0.05) is 31.2 Å². The second-order valence-electron chi connectivity index (χ2n) is 8.22. The van der Waals surface area contributed by atoms with Crippen molar-refractivity contribution in [2.75, 3.05) is 44.0 Å². The standard InChI is InChI=1S/C24H32ClN3O5S/c1-4-21(28(34(3,30)31)22-15-20(25)9-10-23(22)32-2)24(29)26-16-18-5-7-19(8-6-18)17-27-11-13-33-14-12-27/h5-10,15,21H,4,11-14,16-17H2,1-3H3,(H,26,29). The van der Waals surface area contributed by atoms with Crippen LogP contribution in [0.25, 0.3) is 0 Å². The Morgan fingerprint density at radius 2 is 1.82 bits per heavy atom. The van der Waals surface area contributed by atoms with Gasteiger partial charge in [-0.2, -0.15) is 0 Å². The summed E-state index contributed by atoms with van der Waals surface area (Å²) in [5.41, 5.74) is 2.35. The fourth-order valence-corrected chi connectivity index (χ4v) is 5.33. The lowest BCUT2D eigenvalue weighted by Crippen LogP contribution is -2.49. The Morgan fingerprint density at radius 1 is 1.18 bits per heavy atom. The van der Waals surface area contributed by atoms with Crippen LogP contribution in [0.2, 0.25) is 5.02 Å². The van der Waals surface area contributed by atoms with Crippen molar-refractivity contribution in [2.24, 2.45) is 0 Å². The third kappa shape index (κ3) is 6.85. The molecule has 10 heteroatoms. The SMILES string of the molecule is CCC(C(=O)NCc1ccc(CN2CCOCC2)cc1)N(c1cc(Cl)ccc1OC)S(C)(=O)=O. The van der Waals surface area contributed by atoms with Crippen molar-refractivity contribution in [2.45, 2.75) is 32.5 Å². The molecule has 8 nitrogen and oxygen atoms in total. The number of anilines is 1. The van der Waals surface area contributed by atoms with Gasteiger partial charge in [-0.05, 0) is 35.7 Å². The maximum Gasteiger partial charge on any atom is 0.244 e. The van der Waals surface area contributed by atoms with Crippen molar-refractivity contribution in [3.8, 4) is 5.75 Å². The molecule has 2 aromatic carbocycles. The van der Waals surface area contributed by atoms with E-state index in [1.54, 1.807) is 19.1 Å². The minimum Gasteiger partial charge on any atom is -0.495 e. The van der Waals surface area contributed by atoms with Crippen molar-refractivity contribution < 1.29 is 22.7 Å². The minimum absolute atomic E-state index is 0.229. The van der Waals surface area contributed by atoms with Crippen molar-refractivity contribution in [1.82, 2.24) is 10.2 Å². The molecule has 0 aromatic heterocycles. The summed E-state index contributed by atoms with van der Waals surface area (Å²) in [6.07, 6.45) is 1.34. The lowest BCUT2D eigenvalue weighted by molar-refractivity contribution is -0.122. The number of benzene rings is 2. The summed E-state index contributed by atoms with van der Waals surface area (Å²) in [5, 5.41) is 3.22. The van der Waals surface area contributed by atoms with E-state index in [-0.39, 0.29) is 18.7 Å². The Kier molecular flexibility index (Phi) is 9.18. The molecule has 186 valence electrons. The molecule has 1 aliphatic heterocycles. The van der Waals surface area contributed by atoms with Gasteiger partial charge >= 0.3 is 0 Å². The van der Waals surface area contributed by atoms with Gasteiger partial charge in [0.2, 0.25) is 15.9 Å². The first-order valence-corrected chi connectivity index (χ1v) is 13.4. The van der Waals surface area contributed by atoms with E-state index in [0.29, 0.717) is 10.8 Å². The molecule has 1 N–H and O–H groups in total. The fraction of sp³-hybridized carbons (Fsp3) is 0.458. The average Bonchev–Trinajstić information content (AvgIpc) is 2.81. The van der Waals surface area contributed by atoms with E-state index >= 15 is 0 Å². The number of carbonyl (C=O) groups is 1. The largest absolute Gasteiger partial charge is 0.495 e. The van der Waals surface area contributed by atoms with Crippen LogP contribution < -0.4 is 14.4 Å². The zero-order chi connectivity index (χ0) is 24.7. The number of methoxy groups -OCH3 is 1. The van der Waals surface area contributed by atoms with Gasteiger partial charge < -0.3 is 14.8 Å². The quantitative estimate of drug-likeness (QED) is 0.529. The number of nitrogens with one attached hydrogen (secondary N) is 1. The van der Waals surface area contributed by atoms with Crippen molar-refractivity contribution in [1.29, 1.82) is 0 Å². The zero-order valence-corrected chi connectivity index (χ0v) is 21.4. The van der Waals surface area contributed by atoms with Crippen LogP contribution in [0.1, 0.15) is 24.5 Å². The highest BCUT2D eigenvalue weighted by atomic mass is 35.5. The number of sulfonamides is 1. The molecular formula is C24H32ClN3O5S. The molecule has 1 heterocycles. The van der Waals surface area contributed by atoms with E-state index < -0.39 is 22.0 Å². The molecule has 1 unspecified atom stereocenters. The number of halogens is 1. The molecule has 1 aliphatic rings. The Labute approximate surface area is 206 Å². The predicted octanol–water partition coefficient (Wildman–Crippen LogP) is 3.04. The van der Waals surface area contributed by atoms with Crippen LogP contribution >= 0.6 is 11.6 Å². The predicted molar refractivity (Wildman–Crippen MR) is 134 cm³/mol. The van der Waals surface area contributed by atoms with Crippen molar-refractivity contribution >= 4 is 33.2 Å². The van der Waals surface area contributed by atoms with Gasteiger partial charge in [0.1, 0.15) is 11.8 Å². The number of hydrogen-bond acceptors (Lipinski definition) is 6. The maximum absolute atomic E-state index is 13.1. The van der Waals surface area contributed by atoms with E-state index in [1.165, 1.54) is 18.7 Å². The number of amides is 1. The van der Waals surface area contributed by atoms with Gasteiger partial charge in [-0.25, -0.2) is 8.42 Å². The normalized spacial score (nSPS) is 15.5. The number of rotatable bonds is 10. The molecular weight excluding hydrogens is 478 g/mol. The third-order valence-electron chi connectivity index (χ3n) is 5.71. The molecule has 3 rings (SSSR count). The third-order valence-corrected chi connectivity index (χ3v) is 7.11. The van der Waals surface area contributed by atoms with Gasteiger partial charge in [0.05, 0.1) is 32.3 Å². The Hall–Kier alpha value is -2.33. The molecule has 0 radical (unpaired) electrons. The smallest absolute Gasteiger partial charge is 0.244 e. The molecule has 0 saturated carbocycles. The number of nitrogens with zero attached hydrogens (tertiary/aromatic N) is 2. The lowest BCUT2D eigenvalue weighted by atomic mass is 10.1. The Bertz CT molecular complexity index is 1070. The first-order chi connectivity index (χ1) is 16.2. The van der Waals surface area contributed by atoms with Crippen LogP contribution in [0.3, 0.4) is 0 Å². The van der Waals surface area contributed by atoms with Crippen LogP contribution in [0, 0.1) is 0 Å². The highest BCUT2D eigenvalue weighted by Crippen LogP contribution is 2.34. The van der Waals surface area contributed by atoms with Gasteiger partial charge in [0.15, 0.2) is 0 Å². The molecule has 1 saturated heterocycles. The molecule has 1 atom stereocenters. The van der Waals surface area contributed by atoms with Crippen molar-refractivity contribution in [3.05, 3.63) is 58.6 Å². The van der Waals surface area contributed by atoms with E-state index in [0.717, 1.165) is 49.0 Å². The molecule has 0 bridgehead atoms. The minimum atomic E-state index is -3.81. The average molecular weight is 510 g/mol. The van der Waals surface area contributed by atoms with Gasteiger partial charge in [-0.15, -0.1) is 0 Å². The summed E-state index contributed by atoms with van der Waals surface area (Å²) < 4.78 is 37.3. The molecule has 1 amide bonds. The van der Waals surface area contributed by atoms with E-state index in [1.807, 2.05) is 24.3 Å². The highest BCUT2D eigenvalue weighted by molar-refractivity contribution is 7.92. The Balaban J connectivity index is 1.71. The summed E-state index contributed by atoms with van der Waals surface area (Å²) in [5.74, 6) is -0.0794. The summed E-state index contributed by atoms with van der Waals surface area (Å²) in [4.78, 5) is 15.5. The second-order valence-corrected chi connectivity index (χ2v) is 10.5. The van der Waals surface area contributed by atoms with Crippen LogP contribution in [0.5, 0.6) is 5.75 Å².